The summed E-state index contributed by atoms with van der Waals surface area (Å²) in [6.45, 7) is 6.16. The quantitative estimate of drug-likeness (QED) is 0.658. The van der Waals surface area contributed by atoms with Gasteiger partial charge in [0.1, 0.15) is 5.75 Å². The van der Waals surface area contributed by atoms with Crippen molar-refractivity contribution < 1.29 is 14.6 Å². The van der Waals surface area contributed by atoms with Crippen LogP contribution in [0.3, 0.4) is 0 Å². The molecule has 0 aromatic heterocycles. The van der Waals surface area contributed by atoms with E-state index in [0.29, 0.717) is 12.4 Å². The van der Waals surface area contributed by atoms with E-state index in [-0.39, 0.29) is 17.9 Å². The lowest BCUT2D eigenvalue weighted by molar-refractivity contribution is -0.149. The van der Waals surface area contributed by atoms with Crippen molar-refractivity contribution >= 4 is 11.7 Å². The van der Waals surface area contributed by atoms with Gasteiger partial charge in [-0.25, -0.2) is 0 Å². The Kier molecular flexibility index (Phi) is 5.10. The average molecular weight is 291 g/mol. The summed E-state index contributed by atoms with van der Waals surface area (Å²) >= 11 is 0. The van der Waals surface area contributed by atoms with Crippen molar-refractivity contribution in [3.05, 3.63) is 23.3 Å². The minimum Gasteiger partial charge on any atom is -0.508 e. The van der Waals surface area contributed by atoms with Crippen LogP contribution in [-0.2, 0) is 9.53 Å². The van der Waals surface area contributed by atoms with E-state index in [1.807, 2.05) is 26.8 Å². The Bertz CT molecular complexity index is 513. The Labute approximate surface area is 126 Å². The fourth-order valence-corrected chi connectivity index (χ4v) is 2.97. The first-order valence-electron chi connectivity index (χ1n) is 7.74. The predicted octanol–water partition coefficient (Wildman–Crippen LogP) is 3.54. The molecule has 2 atom stereocenters. The van der Waals surface area contributed by atoms with Crippen molar-refractivity contribution in [1.29, 1.82) is 0 Å². The summed E-state index contributed by atoms with van der Waals surface area (Å²) in [5, 5.41) is 13.2. The third-order valence-electron chi connectivity index (χ3n) is 4.20. The molecule has 1 aliphatic rings. The lowest BCUT2D eigenvalue weighted by Crippen LogP contribution is -2.32. The predicted molar refractivity (Wildman–Crippen MR) is 83.6 cm³/mol. The summed E-state index contributed by atoms with van der Waals surface area (Å²) in [7, 11) is 0. The van der Waals surface area contributed by atoms with Crippen molar-refractivity contribution in [2.45, 2.75) is 52.5 Å². The van der Waals surface area contributed by atoms with Gasteiger partial charge in [0.25, 0.3) is 0 Å². The maximum absolute atomic E-state index is 11.9. The molecule has 1 saturated carbocycles. The van der Waals surface area contributed by atoms with E-state index in [9.17, 15) is 9.90 Å². The monoisotopic (exact) mass is 291 g/mol. The van der Waals surface area contributed by atoms with Crippen molar-refractivity contribution in [3.63, 3.8) is 0 Å². The van der Waals surface area contributed by atoms with E-state index in [0.717, 1.165) is 42.5 Å². The molecule has 0 radical (unpaired) electrons. The number of carbonyl (C=O) groups excluding carboxylic acids is 1. The van der Waals surface area contributed by atoms with Gasteiger partial charge < -0.3 is 15.2 Å². The van der Waals surface area contributed by atoms with Crippen LogP contribution < -0.4 is 5.32 Å². The summed E-state index contributed by atoms with van der Waals surface area (Å²) < 4.78 is 5.14. The maximum Gasteiger partial charge on any atom is 0.308 e. The Balaban J connectivity index is 2.03. The van der Waals surface area contributed by atoms with Crippen LogP contribution >= 0.6 is 0 Å². The lowest BCUT2D eigenvalue weighted by atomic mass is 9.85. The zero-order chi connectivity index (χ0) is 15.4. The van der Waals surface area contributed by atoms with Gasteiger partial charge in [-0.15, -0.1) is 0 Å². The van der Waals surface area contributed by atoms with Crippen LogP contribution in [0.15, 0.2) is 12.1 Å². The van der Waals surface area contributed by atoms with E-state index in [2.05, 4.69) is 5.32 Å². The van der Waals surface area contributed by atoms with E-state index in [4.69, 9.17) is 4.74 Å². The van der Waals surface area contributed by atoms with Crippen LogP contribution in [0.2, 0.25) is 0 Å². The van der Waals surface area contributed by atoms with Crippen molar-refractivity contribution in [3.8, 4) is 5.75 Å². The number of rotatable bonds is 4. The molecular formula is C17H25NO3. The summed E-state index contributed by atoms with van der Waals surface area (Å²) in [6, 6.07) is 4.04. The Morgan fingerprint density at radius 1 is 1.33 bits per heavy atom. The second-order valence-corrected chi connectivity index (χ2v) is 5.91. The number of aryl methyl sites for hydroxylation is 2. The van der Waals surface area contributed by atoms with Crippen LogP contribution in [0.4, 0.5) is 5.69 Å². The standard InChI is InChI=1S/C17H25NO3/c1-4-21-17(20)13-6-5-7-14(10-13)18-15-8-12(3)16(19)9-11(15)2/h8-9,13-14,18-19H,4-7,10H2,1-3H3. The fourth-order valence-electron chi connectivity index (χ4n) is 2.97. The smallest absolute Gasteiger partial charge is 0.308 e. The molecule has 1 fully saturated rings. The number of phenolic OH excluding ortho intramolecular Hbond substituents is 1. The topological polar surface area (TPSA) is 58.6 Å². The lowest BCUT2D eigenvalue weighted by Gasteiger charge is -2.29. The molecule has 0 heterocycles. The first kappa shape index (κ1) is 15.7. The first-order valence-corrected chi connectivity index (χ1v) is 7.74. The molecule has 1 aromatic carbocycles. The van der Waals surface area contributed by atoms with Gasteiger partial charge in [0.05, 0.1) is 12.5 Å². The highest BCUT2D eigenvalue weighted by Gasteiger charge is 2.28. The number of anilines is 1. The van der Waals surface area contributed by atoms with Crippen molar-refractivity contribution in [1.82, 2.24) is 0 Å². The van der Waals surface area contributed by atoms with E-state index in [1.54, 1.807) is 6.07 Å². The molecule has 0 amide bonds. The third kappa shape index (κ3) is 3.90. The molecule has 4 nitrogen and oxygen atoms in total. The van der Waals surface area contributed by atoms with Gasteiger partial charge >= 0.3 is 5.97 Å². The van der Waals surface area contributed by atoms with Gasteiger partial charge in [-0.2, -0.15) is 0 Å². The van der Waals surface area contributed by atoms with Crippen LogP contribution in [0.5, 0.6) is 5.75 Å². The average Bonchev–Trinajstić information content (AvgIpc) is 2.45. The molecular weight excluding hydrogens is 266 g/mol. The number of aromatic hydroxyl groups is 1. The highest BCUT2D eigenvalue weighted by Crippen LogP contribution is 2.30. The molecule has 21 heavy (non-hydrogen) atoms. The molecule has 2 N–H and O–H groups in total. The zero-order valence-electron chi connectivity index (χ0n) is 13.1. The maximum atomic E-state index is 11.9. The SMILES string of the molecule is CCOC(=O)C1CCCC(Nc2cc(C)c(O)cc2C)C1. The Morgan fingerprint density at radius 2 is 2.10 bits per heavy atom. The molecule has 1 aromatic rings. The molecule has 0 aliphatic heterocycles. The summed E-state index contributed by atoms with van der Waals surface area (Å²) in [4.78, 5) is 11.9. The number of phenols is 1. The van der Waals surface area contributed by atoms with Crippen LogP contribution in [0.1, 0.15) is 43.7 Å². The van der Waals surface area contributed by atoms with E-state index < -0.39 is 0 Å². The van der Waals surface area contributed by atoms with Crippen molar-refractivity contribution in [2.24, 2.45) is 5.92 Å². The van der Waals surface area contributed by atoms with Crippen molar-refractivity contribution in [2.75, 3.05) is 11.9 Å². The number of hydrogen-bond donors (Lipinski definition) is 2. The molecule has 0 bridgehead atoms. The van der Waals surface area contributed by atoms with Crippen LogP contribution in [0.25, 0.3) is 0 Å². The van der Waals surface area contributed by atoms with Gasteiger partial charge in [0.2, 0.25) is 0 Å². The summed E-state index contributed by atoms with van der Waals surface area (Å²) in [6.07, 6.45) is 3.84. The van der Waals surface area contributed by atoms with Gasteiger partial charge in [-0.05, 0) is 63.3 Å². The van der Waals surface area contributed by atoms with E-state index in [1.165, 1.54) is 0 Å². The Hall–Kier alpha value is -1.71. The number of nitrogens with one attached hydrogen (secondary N) is 1. The van der Waals surface area contributed by atoms with Crippen LogP contribution in [0, 0.1) is 19.8 Å². The molecule has 0 saturated heterocycles. The first-order chi connectivity index (χ1) is 10.0. The zero-order valence-corrected chi connectivity index (χ0v) is 13.1. The summed E-state index contributed by atoms with van der Waals surface area (Å²) in [5.74, 6) is 0.267. The second kappa shape index (κ2) is 6.83. The third-order valence-corrected chi connectivity index (χ3v) is 4.20. The van der Waals surface area contributed by atoms with Crippen LogP contribution in [-0.4, -0.2) is 23.7 Å². The normalized spacial score (nSPS) is 21.9. The minimum absolute atomic E-state index is 0.00900. The minimum atomic E-state index is -0.0670. The number of benzene rings is 1. The number of ether oxygens (including phenoxy) is 1. The van der Waals surface area contributed by atoms with Gasteiger partial charge in [0, 0.05) is 11.7 Å². The Morgan fingerprint density at radius 3 is 2.81 bits per heavy atom. The molecule has 0 spiro atoms. The molecule has 116 valence electrons. The molecule has 1 aliphatic carbocycles. The fraction of sp³-hybridized carbons (Fsp3) is 0.588. The largest absolute Gasteiger partial charge is 0.508 e. The molecule has 4 heteroatoms. The second-order valence-electron chi connectivity index (χ2n) is 5.91. The highest BCUT2D eigenvalue weighted by molar-refractivity contribution is 5.72. The van der Waals surface area contributed by atoms with E-state index >= 15 is 0 Å². The molecule has 2 rings (SSSR count). The highest BCUT2D eigenvalue weighted by atomic mass is 16.5. The number of hydrogen-bond acceptors (Lipinski definition) is 4. The van der Waals surface area contributed by atoms with Gasteiger partial charge in [-0.3, -0.25) is 4.79 Å². The van der Waals surface area contributed by atoms with Gasteiger partial charge in [-0.1, -0.05) is 6.42 Å². The molecule has 2 unspecified atom stereocenters. The number of carbonyl (C=O) groups is 1. The van der Waals surface area contributed by atoms with Gasteiger partial charge in [0.15, 0.2) is 0 Å². The number of esters is 1. The summed E-state index contributed by atoms with van der Waals surface area (Å²) in [5.41, 5.74) is 2.93.